The lowest BCUT2D eigenvalue weighted by Crippen LogP contribution is -2.12. The molecule has 0 saturated heterocycles. The van der Waals surface area contributed by atoms with Crippen molar-refractivity contribution in [3.8, 4) is 0 Å². The molecule has 2 aliphatic rings. The molecule has 1 aromatic carbocycles. The van der Waals surface area contributed by atoms with Crippen molar-refractivity contribution in [2.75, 3.05) is 0 Å². The molecule has 3 heteroatoms. The van der Waals surface area contributed by atoms with Crippen LogP contribution in [-0.4, -0.2) is 5.78 Å². The highest BCUT2D eigenvalue weighted by atomic mass is 19.1. The monoisotopic (exact) mass is 236 g/mol. The fourth-order valence-corrected chi connectivity index (χ4v) is 3.26. The number of Topliss-reactive ketones (excluding diaryl/α,β-unsaturated/α-hetero) is 1. The molecule has 0 heterocycles. The maximum Gasteiger partial charge on any atom is 0.172 e. The molecule has 2 aliphatic carbocycles. The summed E-state index contributed by atoms with van der Waals surface area (Å²) in [5.41, 5.74) is 0.0185. The number of carbonyl (C=O) groups is 1. The molecule has 2 unspecified atom stereocenters. The minimum Gasteiger partial charge on any atom is -0.294 e. The van der Waals surface area contributed by atoms with Crippen molar-refractivity contribution < 1.29 is 13.6 Å². The van der Waals surface area contributed by atoms with Gasteiger partial charge in [-0.15, -0.1) is 0 Å². The third-order valence-electron chi connectivity index (χ3n) is 4.24. The highest BCUT2D eigenvalue weighted by Gasteiger charge is 2.57. The van der Waals surface area contributed by atoms with Gasteiger partial charge in [-0.05, 0) is 43.2 Å². The Morgan fingerprint density at radius 3 is 2.53 bits per heavy atom. The van der Waals surface area contributed by atoms with Crippen LogP contribution in [0.2, 0.25) is 0 Å². The standard InChI is InChI=1S/C14H14F2O/c1-7-5-6-10(15)12(13(7)16)14(17)11-8-3-2-4-9(8)11/h5-6,8-9,11H,2-4H2,1H3. The maximum absolute atomic E-state index is 13.8. The molecule has 2 saturated carbocycles. The molecule has 0 aromatic heterocycles. The number of ketones is 1. The van der Waals surface area contributed by atoms with E-state index in [1.54, 1.807) is 6.92 Å². The minimum absolute atomic E-state index is 0.116. The summed E-state index contributed by atoms with van der Waals surface area (Å²) < 4.78 is 27.4. The van der Waals surface area contributed by atoms with Crippen LogP contribution in [0.1, 0.15) is 35.2 Å². The van der Waals surface area contributed by atoms with E-state index in [0.29, 0.717) is 17.4 Å². The third-order valence-corrected chi connectivity index (χ3v) is 4.24. The van der Waals surface area contributed by atoms with E-state index in [1.165, 1.54) is 12.1 Å². The van der Waals surface area contributed by atoms with E-state index in [2.05, 4.69) is 0 Å². The smallest absolute Gasteiger partial charge is 0.172 e. The topological polar surface area (TPSA) is 17.1 Å². The molecule has 0 bridgehead atoms. The summed E-state index contributed by atoms with van der Waals surface area (Å²) in [5, 5.41) is 0. The van der Waals surface area contributed by atoms with E-state index < -0.39 is 11.6 Å². The van der Waals surface area contributed by atoms with Crippen molar-refractivity contribution in [1.29, 1.82) is 0 Å². The molecule has 0 aliphatic heterocycles. The number of carbonyl (C=O) groups excluding carboxylic acids is 1. The van der Waals surface area contributed by atoms with E-state index in [4.69, 9.17) is 0 Å². The fraction of sp³-hybridized carbons (Fsp3) is 0.500. The average molecular weight is 236 g/mol. The zero-order valence-corrected chi connectivity index (χ0v) is 9.67. The lowest BCUT2D eigenvalue weighted by Gasteiger charge is -2.07. The molecule has 2 atom stereocenters. The van der Waals surface area contributed by atoms with E-state index in [0.717, 1.165) is 19.3 Å². The van der Waals surface area contributed by atoms with Gasteiger partial charge in [-0.2, -0.15) is 0 Å². The number of benzene rings is 1. The number of aryl methyl sites for hydroxylation is 1. The Hall–Kier alpha value is -1.25. The Labute approximate surface area is 98.8 Å². The lowest BCUT2D eigenvalue weighted by molar-refractivity contribution is 0.0943. The van der Waals surface area contributed by atoms with Crippen molar-refractivity contribution in [3.05, 3.63) is 34.9 Å². The molecule has 1 nitrogen and oxygen atoms in total. The molecule has 0 spiro atoms. The van der Waals surface area contributed by atoms with E-state index >= 15 is 0 Å². The van der Waals surface area contributed by atoms with Crippen molar-refractivity contribution in [1.82, 2.24) is 0 Å². The highest BCUT2D eigenvalue weighted by molar-refractivity contribution is 6.00. The van der Waals surface area contributed by atoms with Gasteiger partial charge in [0.2, 0.25) is 0 Å². The molecule has 2 fully saturated rings. The Morgan fingerprint density at radius 2 is 1.88 bits per heavy atom. The van der Waals surface area contributed by atoms with Crippen LogP contribution in [0.4, 0.5) is 8.78 Å². The molecular formula is C14H14F2O. The van der Waals surface area contributed by atoms with Crippen LogP contribution in [0.3, 0.4) is 0 Å². The van der Waals surface area contributed by atoms with Crippen LogP contribution in [0, 0.1) is 36.3 Å². The van der Waals surface area contributed by atoms with Crippen molar-refractivity contribution >= 4 is 5.78 Å². The quantitative estimate of drug-likeness (QED) is 0.718. The van der Waals surface area contributed by atoms with Gasteiger partial charge < -0.3 is 0 Å². The third kappa shape index (κ3) is 1.52. The predicted molar refractivity (Wildman–Crippen MR) is 59.7 cm³/mol. The van der Waals surface area contributed by atoms with Crippen molar-refractivity contribution in [2.45, 2.75) is 26.2 Å². The summed E-state index contributed by atoms with van der Waals surface area (Å²) in [5.74, 6) is -1.06. The normalized spacial score (nSPS) is 30.2. The van der Waals surface area contributed by atoms with Gasteiger partial charge in [0.1, 0.15) is 11.6 Å². The molecule has 17 heavy (non-hydrogen) atoms. The first-order valence-corrected chi connectivity index (χ1v) is 6.10. The van der Waals surface area contributed by atoms with Gasteiger partial charge in [-0.25, -0.2) is 8.78 Å². The maximum atomic E-state index is 13.8. The van der Waals surface area contributed by atoms with Crippen molar-refractivity contribution in [3.63, 3.8) is 0 Å². The number of fused-ring (bicyclic) bond motifs is 1. The number of hydrogen-bond donors (Lipinski definition) is 0. The molecule has 90 valence electrons. The van der Waals surface area contributed by atoms with E-state index in [9.17, 15) is 13.6 Å². The van der Waals surface area contributed by atoms with Crippen LogP contribution in [-0.2, 0) is 0 Å². The van der Waals surface area contributed by atoms with Crippen LogP contribution in [0.5, 0.6) is 0 Å². The van der Waals surface area contributed by atoms with Gasteiger partial charge in [0, 0.05) is 5.92 Å². The molecule has 0 N–H and O–H groups in total. The molecule has 0 radical (unpaired) electrons. The van der Waals surface area contributed by atoms with Gasteiger partial charge in [-0.3, -0.25) is 4.79 Å². The summed E-state index contributed by atoms with van der Waals surface area (Å²) in [7, 11) is 0. The van der Waals surface area contributed by atoms with Gasteiger partial charge in [0.05, 0.1) is 5.56 Å². The second kappa shape index (κ2) is 3.62. The van der Waals surface area contributed by atoms with Gasteiger partial charge in [0.15, 0.2) is 5.78 Å². The van der Waals surface area contributed by atoms with Crippen LogP contribution >= 0.6 is 0 Å². The largest absolute Gasteiger partial charge is 0.294 e. The first-order chi connectivity index (χ1) is 8.11. The summed E-state index contributed by atoms with van der Waals surface area (Å²) >= 11 is 0. The summed E-state index contributed by atoms with van der Waals surface area (Å²) in [4.78, 5) is 12.1. The van der Waals surface area contributed by atoms with Crippen LogP contribution < -0.4 is 0 Å². The zero-order chi connectivity index (χ0) is 12.2. The summed E-state index contributed by atoms with van der Waals surface area (Å²) in [6, 6.07) is 2.55. The first-order valence-electron chi connectivity index (χ1n) is 6.10. The summed E-state index contributed by atoms with van der Waals surface area (Å²) in [6.07, 6.45) is 3.23. The second-order valence-electron chi connectivity index (χ2n) is 5.20. The summed E-state index contributed by atoms with van der Waals surface area (Å²) in [6.45, 7) is 1.55. The Balaban J connectivity index is 1.94. The zero-order valence-electron chi connectivity index (χ0n) is 9.67. The van der Waals surface area contributed by atoms with Crippen LogP contribution in [0.15, 0.2) is 12.1 Å². The van der Waals surface area contributed by atoms with Crippen LogP contribution in [0.25, 0.3) is 0 Å². The second-order valence-corrected chi connectivity index (χ2v) is 5.20. The Bertz CT molecular complexity index is 485. The van der Waals surface area contributed by atoms with Crippen molar-refractivity contribution in [2.24, 2.45) is 17.8 Å². The fourth-order valence-electron chi connectivity index (χ4n) is 3.26. The molecule has 3 rings (SSSR count). The van der Waals surface area contributed by atoms with Gasteiger partial charge in [0.25, 0.3) is 0 Å². The number of halogens is 2. The average Bonchev–Trinajstić information content (AvgIpc) is 2.78. The lowest BCUT2D eigenvalue weighted by atomic mass is 9.99. The minimum atomic E-state index is -0.719. The molecule has 0 amide bonds. The van der Waals surface area contributed by atoms with E-state index in [-0.39, 0.29) is 17.3 Å². The molecular weight excluding hydrogens is 222 g/mol. The van der Waals surface area contributed by atoms with Gasteiger partial charge >= 0.3 is 0 Å². The first kappa shape index (κ1) is 10.9. The van der Waals surface area contributed by atoms with Gasteiger partial charge in [-0.1, -0.05) is 12.5 Å². The highest BCUT2D eigenvalue weighted by Crippen LogP contribution is 2.58. The van der Waals surface area contributed by atoms with E-state index in [1.807, 2.05) is 0 Å². The Kier molecular flexibility index (Phi) is 2.32. The number of hydrogen-bond acceptors (Lipinski definition) is 1. The number of rotatable bonds is 2. The predicted octanol–water partition coefficient (Wildman–Crippen LogP) is 3.50. The Morgan fingerprint density at radius 1 is 1.24 bits per heavy atom. The SMILES string of the molecule is Cc1ccc(F)c(C(=O)C2C3CCCC32)c1F. The molecule has 1 aromatic rings.